The molecule has 0 aromatic heterocycles. The first-order valence-electron chi connectivity index (χ1n) is 11.9. The monoisotopic (exact) mass is 480 g/mol. The summed E-state index contributed by atoms with van der Waals surface area (Å²) in [4.78, 5) is 43.4. The van der Waals surface area contributed by atoms with Gasteiger partial charge in [-0.1, -0.05) is 24.3 Å². The summed E-state index contributed by atoms with van der Waals surface area (Å²) in [5.41, 5.74) is 1.78. The summed E-state index contributed by atoms with van der Waals surface area (Å²) >= 11 is 0. The lowest BCUT2D eigenvalue weighted by Crippen LogP contribution is -2.53. The van der Waals surface area contributed by atoms with Crippen molar-refractivity contribution < 1.29 is 23.9 Å². The van der Waals surface area contributed by atoms with Crippen LogP contribution < -0.4 is 14.8 Å². The fourth-order valence-corrected chi connectivity index (χ4v) is 4.57. The number of likely N-dealkylation sites (tertiary alicyclic amines) is 1. The highest BCUT2D eigenvalue weighted by molar-refractivity contribution is 5.91. The van der Waals surface area contributed by atoms with E-state index in [0.29, 0.717) is 57.2 Å². The summed E-state index contributed by atoms with van der Waals surface area (Å²) in [6.07, 6.45) is 0.904. The third-order valence-corrected chi connectivity index (χ3v) is 6.59. The fraction of sp³-hybridized carbons (Fsp3) is 0.423. The molecule has 2 saturated heterocycles. The molecule has 2 heterocycles. The van der Waals surface area contributed by atoms with Crippen molar-refractivity contribution in [3.63, 3.8) is 0 Å². The molecule has 35 heavy (non-hydrogen) atoms. The van der Waals surface area contributed by atoms with Gasteiger partial charge in [0.1, 0.15) is 0 Å². The molecule has 2 aliphatic heterocycles. The highest BCUT2D eigenvalue weighted by Gasteiger charge is 2.37. The number of urea groups is 1. The normalized spacial score (nSPS) is 17.9. The molecule has 9 heteroatoms. The maximum atomic E-state index is 13.1. The molecule has 2 aromatic carbocycles. The summed E-state index contributed by atoms with van der Waals surface area (Å²) in [6.45, 7) is 2.85. The summed E-state index contributed by atoms with van der Waals surface area (Å²) in [7, 11) is 3.19. The maximum absolute atomic E-state index is 13.1. The second kappa shape index (κ2) is 11.1. The molecule has 2 aliphatic rings. The van der Waals surface area contributed by atoms with Gasteiger partial charge in [-0.3, -0.25) is 9.59 Å². The molecule has 2 aromatic rings. The number of hydrogen-bond donors (Lipinski definition) is 1. The number of rotatable bonds is 7. The van der Waals surface area contributed by atoms with Gasteiger partial charge >= 0.3 is 6.03 Å². The number of ether oxygens (including phenoxy) is 2. The Bertz CT molecular complexity index is 1050. The zero-order chi connectivity index (χ0) is 24.8. The van der Waals surface area contributed by atoms with Crippen LogP contribution in [-0.2, 0) is 16.0 Å². The molecular weight excluding hydrogens is 448 g/mol. The van der Waals surface area contributed by atoms with E-state index in [1.165, 1.54) is 0 Å². The van der Waals surface area contributed by atoms with E-state index in [9.17, 15) is 14.4 Å². The third-order valence-electron chi connectivity index (χ3n) is 6.59. The lowest BCUT2D eigenvalue weighted by atomic mass is 10.1. The number of amides is 4. The smallest absolute Gasteiger partial charge is 0.321 e. The van der Waals surface area contributed by atoms with Crippen LogP contribution in [0.2, 0.25) is 0 Å². The van der Waals surface area contributed by atoms with Crippen LogP contribution in [0.4, 0.5) is 10.5 Å². The Kier molecular flexibility index (Phi) is 7.74. The first-order chi connectivity index (χ1) is 17.0. The van der Waals surface area contributed by atoms with Gasteiger partial charge < -0.3 is 29.5 Å². The van der Waals surface area contributed by atoms with E-state index in [0.717, 1.165) is 11.3 Å². The predicted octanol–water partition coefficient (Wildman–Crippen LogP) is 2.47. The number of hydrogen-bond acceptors (Lipinski definition) is 5. The van der Waals surface area contributed by atoms with Crippen LogP contribution in [0.3, 0.4) is 0 Å². The molecule has 1 N–H and O–H groups in total. The Labute approximate surface area is 205 Å². The third kappa shape index (κ3) is 5.85. The Balaban J connectivity index is 1.25. The number of anilines is 1. The van der Waals surface area contributed by atoms with Crippen LogP contribution in [0.25, 0.3) is 0 Å². The number of methoxy groups -OCH3 is 2. The van der Waals surface area contributed by atoms with Crippen molar-refractivity contribution in [1.82, 2.24) is 14.7 Å². The Hall–Kier alpha value is -3.75. The molecular formula is C26H32N4O5. The van der Waals surface area contributed by atoms with Crippen LogP contribution in [0.1, 0.15) is 12.0 Å². The van der Waals surface area contributed by atoms with Crippen molar-refractivity contribution in [2.75, 3.05) is 58.8 Å². The van der Waals surface area contributed by atoms with Crippen molar-refractivity contribution in [2.45, 2.75) is 12.8 Å². The fourth-order valence-electron chi connectivity index (χ4n) is 4.57. The molecule has 1 unspecified atom stereocenters. The van der Waals surface area contributed by atoms with Crippen molar-refractivity contribution in [3.05, 3.63) is 54.1 Å². The highest BCUT2D eigenvalue weighted by atomic mass is 16.5. The number of piperazine rings is 1. The number of nitrogens with zero attached hydrogens (tertiary/aromatic N) is 3. The number of benzene rings is 2. The number of carbonyl (C=O) groups is 3. The van der Waals surface area contributed by atoms with Gasteiger partial charge in [-0.15, -0.1) is 0 Å². The van der Waals surface area contributed by atoms with Crippen molar-refractivity contribution >= 4 is 23.5 Å². The van der Waals surface area contributed by atoms with Crippen molar-refractivity contribution in [3.8, 4) is 11.5 Å². The molecule has 0 bridgehead atoms. The van der Waals surface area contributed by atoms with E-state index in [-0.39, 0.29) is 30.2 Å². The second-order valence-corrected chi connectivity index (χ2v) is 8.79. The van der Waals surface area contributed by atoms with Gasteiger partial charge in [0.25, 0.3) is 0 Å². The zero-order valence-corrected chi connectivity index (χ0v) is 20.2. The van der Waals surface area contributed by atoms with Gasteiger partial charge in [0.05, 0.1) is 20.1 Å². The average Bonchev–Trinajstić information content (AvgIpc) is 3.27. The van der Waals surface area contributed by atoms with Crippen LogP contribution >= 0.6 is 0 Å². The van der Waals surface area contributed by atoms with Crippen LogP contribution in [0.15, 0.2) is 48.5 Å². The molecule has 0 spiro atoms. The topological polar surface area (TPSA) is 91.4 Å². The first-order valence-corrected chi connectivity index (χ1v) is 11.9. The van der Waals surface area contributed by atoms with Gasteiger partial charge in [-0.2, -0.15) is 0 Å². The second-order valence-electron chi connectivity index (χ2n) is 8.79. The van der Waals surface area contributed by atoms with E-state index in [1.807, 2.05) is 48.5 Å². The number of para-hydroxylation sites is 1. The Morgan fingerprint density at radius 3 is 2.31 bits per heavy atom. The summed E-state index contributed by atoms with van der Waals surface area (Å²) in [6, 6.07) is 14.9. The van der Waals surface area contributed by atoms with E-state index in [4.69, 9.17) is 9.47 Å². The molecule has 4 amide bonds. The minimum Gasteiger partial charge on any atom is -0.493 e. The highest BCUT2D eigenvalue weighted by Crippen LogP contribution is 2.28. The molecule has 9 nitrogen and oxygen atoms in total. The molecule has 186 valence electrons. The average molecular weight is 481 g/mol. The molecule has 2 fully saturated rings. The van der Waals surface area contributed by atoms with E-state index in [1.54, 1.807) is 28.9 Å². The summed E-state index contributed by atoms with van der Waals surface area (Å²) in [5, 5.41) is 2.88. The van der Waals surface area contributed by atoms with Crippen molar-refractivity contribution in [1.29, 1.82) is 0 Å². The maximum Gasteiger partial charge on any atom is 0.321 e. The van der Waals surface area contributed by atoms with Crippen molar-refractivity contribution in [2.24, 2.45) is 5.92 Å². The molecule has 1 atom stereocenters. The number of nitrogens with one attached hydrogen (secondary N) is 1. The number of carbonyl (C=O) groups excluding carboxylic acids is 3. The van der Waals surface area contributed by atoms with Gasteiger partial charge in [-0.05, 0) is 36.2 Å². The standard InChI is InChI=1S/C26H32N4O5/c1-34-22-9-8-19(16-23(22)35-2)10-11-30-18-20(17-24(30)31)25(32)28-12-14-29(15-13-28)26(33)27-21-6-4-3-5-7-21/h3-9,16,20H,10-15,17-18H2,1-2H3,(H,27,33). The van der Waals surface area contributed by atoms with Gasteiger partial charge in [-0.25, -0.2) is 4.79 Å². The lowest BCUT2D eigenvalue weighted by molar-refractivity contribution is -0.137. The van der Waals surface area contributed by atoms with Crippen LogP contribution in [0.5, 0.6) is 11.5 Å². The molecule has 0 saturated carbocycles. The Morgan fingerprint density at radius 2 is 1.63 bits per heavy atom. The predicted molar refractivity (Wildman–Crippen MR) is 132 cm³/mol. The zero-order valence-electron chi connectivity index (χ0n) is 20.2. The lowest BCUT2D eigenvalue weighted by Gasteiger charge is -2.35. The summed E-state index contributed by atoms with van der Waals surface area (Å²) in [5.74, 6) is 0.983. The Morgan fingerprint density at radius 1 is 0.943 bits per heavy atom. The quantitative estimate of drug-likeness (QED) is 0.658. The van der Waals surface area contributed by atoms with Gasteiger partial charge in [0.15, 0.2) is 11.5 Å². The van der Waals surface area contributed by atoms with E-state index >= 15 is 0 Å². The minimum absolute atomic E-state index is 0.00435. The van der Waals surface area contributed by atoms with Crippen LogP contribution in [-0.4, -0.2) is 86.0 Å². The first kappa shape index (κ1) is 24.4. The van der Waals surface area contributed by atoms with Crippen LogP contribution in [0, 0.1) is 5.92 Å². The SMILES string of the molecule is COc1ccc(CCN2CC(C(=O)N3CCN(C(=O)Nc4ccccc4)CC3)CC2=O)cc1OC. The molecule has 0 radical (unpaired) electrons. The largest absolute Gasteiger partial charge is 0.493 e. The van der Waals surface area contributed by atoms with Gasteiger partial charge in [0.2, 0.25) is 11.8 Å². The molecule has 4 rings (SSSR count). The van der Waals surface area contributed by atoms with E-state index < -0.39 is 0 Å². The minimum atomic E-state index is -0.336. The molecule has 0 aliphatic carbocycles. The van der Waals surface area contributed by atoms with E-state index in [2.05, 4.69) is 5.32 Å². The van der Waals surface area contributed by atoms with Gasteiger partial charge in [0, 0.05) is 51.4 Å². The summed E-state index contributed by atoms with van der Waals surface area (Å²) < 4.78 is 10.6.